The second-order valence-corrected chi connectivity index (χ2v) is 4.53. The highest BCUT2D eigenvalue weighted by Crippen LogP contribution is 2.45. The summed E-state index contributed by atoms with van der Waals surface area (Å²) in [5, 5.41) is 0. The largest absolute Gasteiger partial charge is 0.378 e. The van der Waals surface area contributed by atoms with Gasteiger partial charge in [0.25, 0.3) is 0 Å². The number of nitrogens with two attached hydrogens (primary N) is 1. The van der Waals surface area contributed by atoms with Crippen molar-refractivity contribution >= 4 is 0 Å². The summed E-state index contributed by atoms with van der Waals surface area (Å²) in [5.74, 6) is 0.725. The minimum atomic E-state index is 0.141. The standard InChI is InChI=1S/C10H19NO/c1-8-6-10(8,11)7-9-4-2-3-5-12-9/h8-9H,2-7,11H2,1H3. The van der Waals surface area contributed by atoms with E-state index in [0.29, 0.717) is 6.10 Å². The van der Waals surface area contributed by atoms with Gasteiger partial charge in [-0.1, -0.05) is 6.92 Å². The van der Waals surface area contributed by atoms with E-state index >= 15 is 0 Å². The van der Waals surface area contributed by atoms with E-state index in [1.54, 1.807) is 0 Å². The highest BCUT2D eigenvalue weighted by Gasteiger charge is 2.48. The van der Waals surface area contributed by atoms with Gasteiger partial charge in [-0.15, -0.1) is 0 Å². The molecule has 0 aromatic carbocycles. The molecule has 3 unspecified atom stereocenters. The molecule has 0 amide bonds. The molecule has 1 aliphatic heterocycles. The van der Waals surface area contributed by atoms with Gasteiger partial charge in [0.15, 0.2) is 0 Å². The van der Waals surface area contributed by atoms with E-state index in [2.05, 4.69) is 6.92 Å². The molecule has 0 aromatic rings. The van der Waals surface area contributed by atoms with E-state index < -0.39 is 0 Å². The van der Waals surface area contributed by atoms with Crippen molar-refractivity contribution in [3.63, 3.8) is 0 Å². The highest BCUT2D eigenvalue weighted by atomic mass is 16.5. The molecule has 0 spiro atoms. The average molecular weight is 169 g/mol. The first kappa shape index (κ1) is 8.52. The minimum Gasteiger partial charge on any atom is -0.378 e. The molecule has 3 atom stereocenters. The van der Waals surface area contributed by atoms with Gasteiger partial charge in [-0.05, 0) is 38.0 Å². The molecule has 1 aliphatic carbocycles. The predicted octanol–water partition coefficient (Wildman–Crippen LogP) is 1.68. The van der Waals surface area contributed by atoms with Crippen molar-refractivity contribution in [2.45, 2.75) is 50.7 Å². The molecular weight excluding hydrogens is 150 g/mol. The topological polar surface area (TPSA) is 35.2 Å². The molecule has 2 heteroatoms. The number of hydrogen-bond donors (Lipinski definition) is 1. The fraction of sp³-hybridized carbons (Fsp3) is 1.00. The summed E-state index contributed by atoms with van der Waals surface area (Å²) in [6, 6.07) is 0. The molecule has 1 saturated heterocycles. The average Bonchev–Trinajstić information content (AvgIpc) is 2.61. The first-order chi connectivity index (χ1) is 5.71. The van der Waals surface area contributed by atoms with Crippen LogP contribution in [0.25, 0.3) is 0 Å². The van der Waals surface area contributed by atoms with E-state index in [0.717, 1.165) is 18.9 Å². The van der Waals surface area contributed by atoms with Crippen molar-refractivity contribution in [1.82, 2.24) is 0 Å². The first-order valence-electron chi connectivity index (χ1n) is 5.11. The second-order valence-electron chi connectivity index (χ2n) is 4.53. The molecule has 2 rings (SSSR count). The Hall–Kier alpha value is -0.0800. The Morgan fingerprint density at radius 2 is 2.25 bits per heavy atom. The molecular formula is C10H19NO. The lowest BCUT2D eigenvalue weighted by atomic mass is 10.00. The van der Waals surface area contributed by atoms with E-state index in [4.69, 9.17) is 10.5 Å². The lowest BCUT2D eigenvalue weighted by Crippen LogP contribution is -2.33. The van der Waals surface area contributed by atoms with Crippen LogP contribution >= 0.6 is 0 Å². The molecule has 2 fully saturated rings. The van der Waals surface area contributed by atoms with Crippen molar-refractivity contribution < 1.29 is 4.74 Å². The zero-order valence-electron chi connectivity index (χ0n) is 7.88. The van der Waals surface area contributed by atoms with E-state index in [9.17, 15) is 0 Å². The Morgan fingerprint density at radius 3 is 2.75 bits per heavy atom. The fourth-order valence-electron chi connectivity index (χ4n) is 2.19. The molecule has 2 nitrogen and oxygen atoms in total. The van der Waals surface area contributed by atoms with Crippen LogP contribution in [0.15, 0.2) is 0 Å². The molecule has 2 aliphatic rings. The summed E-state index contributed by atoms with van der Waals surface area (Å²) in [6.07, 6.45) is 6.56. The quantitative estimate of drug-likeness (QED) is 0.682. The summed E-state index contributed by atoms with van der Waals surface area (Å²) in [4.78, 5) is 0. The van der Waals surface area contributed by atoms with Crippen LogP contribution in [0.2, 0.25) is 0 Å². The van der Waals surface area contributed by atoms with Crippen LogP contribution in [-0.2, 0) is 4.74 Å². The van der Waals surface area contributed by atoms with Crippen LogP contribution in [0.5, 0.6) is 0 Å². The fourth-order valence-corrected chi connectivity index (χ4v) is 2.19. The van der Waals surface area contributed by atoms with E-state index in [1.165, 1.54) is 25.7 Å². The number of rotatable bonds is 2. The Labute approximate surface area is 74.5 Å². The third-order valence-electron chi connectivity index (χ3n) is 3.39. The predicted molar refractivity (Wildman–Crippen MR) is 48.9 cm³/mol. The lowest BCUT2D eigenvalue weighted by molar-refractivity contribution is 0.00487. The smallest absolute Gasteiger partial charge is 0.0592 e. The Morgan fingerprint density at radius 1 is 1.50 bits per heavy atom. The number of ether oxygens (including phenoxy) is 1. The molecule has 70 valence electrons. The molecule has 0 radical (unpaired) electrons. The SMILES string of the molecule is CC1CC1(N)CC1CCCCO1. The molecule has 1 saturated carbocycles. The van der Waals surface area contributed by atoms with Crippen molar-refractivity contribution in [1.29, 1.82) is 0 Å². The maximum Gasteiger partial charge on any atom is 0.0592 e. The molecule has 0 bridgehead atoms. The van der Waals surface area contributed by atoms with Crippen LogP contribution < -0.4 is 5.73 Å². The monoisotopic (exact) mass is 169 g/mol. The maximum atomic E-state index is 6.14. The third-order valence-corrected chi connectivity index (χ3v) is 3.39. The van der Waals surface area contributed by atoms with Gasteiger partial charge < -0.3 is 10.5 Å². The summed E-state index contributed by atoms with van der Waals surface area (Å²) in [6.45, 7) is 3.19. The van der Waals surface area contributed by atoms with Crippen molar-refractivity contribution in [3.8, 4) is 0 Å². The summed E-state index contributed by atoms with van der Waals surface area (Å²) in [5.41, 5.74) is 6.28. The van der Waals surface area contributed by atoms with Crippen LogP contribution in [0.4, 0.5) is 0 Å². The Bertz CT molecular complexity index is 165. The maximum absolute atomic E-state index is 6.14. The van der Waals surface area contributed by atoms with Crippen LogP contribution in [-0.4, -0.2) is 18.2 Å². The normalized spacial score (nSPS) is 47.5. The van der Waals surface area contributed by atoms with Gasteiger partial charge in [0, 0.05) is 12.1 Å². The zero-order valence-corrected chi connectivity index (χ0v) is 7.88. The van der Waals surface area contributed by atoms with E-state index in [1.807, 2.05) is 0 Å². The number of hydrogen-bond acceptors (Lipinski definition) is 2. The van der Waals surface area contributed by atoms with Crippen molar-refractivity contribution in [3.05, 3.63) is 0 Å². The van der Waals surface area contributed by atoms with Gasteiger partial charge in [-0.3, -0.25) is 0 Å². The minimum absolute atomic E-state index is 0.141. The summed E-state index contributed by atoms with van der Waals surface area (Å²) < 4.78 is 5.66. The van der Waals surface area contributed by atoms with Crippen molar-refractivity contribution in [2.24, 2.45) is 11.7 Å². The van der Waals surface area contributed by atoms with Gasteiger partial charge in [0.2, 0.25) is 0 Å². The molecule has 12 heavy (non-hydrogen) atoms. The third kappa shape index (κ3) is 1.64. The van der Waals surface area contributed by atoms with Gasteiger partial charge in [-0.2, -0.15) is 0 Å². The highest BCUT2D eigenvalue weighted by molar-refractivity contribution is 5.06. The van der Waals surface area contributed by atoms with Crippen LogP contribution in [0, 0.1) is 5.92 Å². The van der Waals surface area contributed by atoms with Gasteiger partial charge in [0.05, 0.1) is 6.10 Å². The van der Waals surface area contributed by atoms with Crippen molar-refractivity contribution in [2.75, 3.05) is 6.61 Å². The van der Waals surface area contributed by atoms with Gasteiger partial charge in [0.1, 0.15) is 0 Å². The van der Waals surface area contributed by atoms with Crippen LogP contribution in [0.3, 0.4) is 0 Å². The summed E-state index contributed by atoms with van der Waals surface area (Å²) >= 11 is 0. The van der Waals surface area contributed by atoms with E-state index in [-0.39, 0.29) is 5.54 Å². The van der Waals surface area contributed by atoms with Crippen LogP contribution in [0.1, 0.15) is 39.0 Å². The summed E-state index contributed by atoms with van der Waals surface area (Å²) in [7, 11) is 0. The van der Waals surface area contributed by atoms with Gasteiger partial charge in [-0.25, -0.2) is 0 Å². The first-order valence-corrected chi connectivity index (χ1v) is 5.11. The Balaban J connectivity index is 1.78. The second kappa shape index (κ2) is 3.00. The lowest BCUT2D eigenvalue weighted by Gasteiger charge is -2.25. The molecule has 2 N–H and O–H groups in total. The zero-order chi connectivity index (χ0) is 8.60. The Kier molecular flexibility index (Phi) is 2.13. The molecule has 1 heterocycles. The molecule has 0 aromatic heterocycles. The van der Waals surface area contributed by atoms with Gasteiger partial charge >= 0.3 is 0 Å².